The van der Waals surface area contributed by atoms with E-state index < -0.39 is 97.5 Å². The normalized spacial score (nSPS) is 14.1. The van der Waals surface area contributed by atoms with Crippen molar-refractivity contribution in [3.8, 4) is 0 Å². The van der Waals surface area contributed by atoms with Gasteiger partial charge in [-0.05, 0) is 37.5 Å². The highest BCUT2D eigenvalue weighted by molar-refractivity contribution is 7.47. The summed E-state index contributed by atoms with van der Waals surface area (Å²) in [7, 11) is -9.91. The topological polar surface area (TPSA) is 237 Å². The Kier molecular flexibility index (Phi) is 64.6. The number of hydrogen-bond donors (Lipinski definition) is 3. The van der Waals surface area contributed by atoms with E-state index in [0.717, 1.165) is 102 Å². The van der Waals surface area contributed by atoms with Gasteiger partial charge < -0.3 is 33.8 Å². The first-order valence-electron chi connectivity index (χ1n) is 38.5. The summed E-state index contributed by atoms with van der Waals surface area (Å²) in [6, 6.07) is 0. The van der Waals surface area contributed by atoms with Gasteiger partial charge in [-0.3, -0.25) is 37.3 Å². The molecule has 0 rings (SSSR count). The molecule has 0 aromatic heterocycles. The fraction of sp³-hybridized carbons (Fsp3) is 0.946. The monoisotopic (exact) mass is 1370 g/mol. The van der Waals surface area contributed by atoms with Crippen LogP contribution in [0.3, 0.4) is 0 Å². The average molecular weight is 1370 g/mol. The molecule has 0 amide bonds. The lowest BCUT2D eigenvalue weighted by Gasteiger charge is -2.21. The first-order valence-corrected chi connectivity index (χ1v) is 41.5. The van der Waals surface area contributed by atoms with Gasteiger partial charge in [0.2, 0.25) is 0 Å². The van der Waals surface area contributed by atoms with E-state index in [4.69, 9.17) is 37.0 Å². The number of aliphatic hydroxyl groups excluding tert-OH is 1. The molecule has 2 unspecified atom stereocenters. The molecule has 0 aromatic rings. The Bertz CT molecular complexity index is 1800. The van der Waals surface area contributed by atoms with Gasteiger partial charge in [-0.25, -0.2) is 9.13 Å². The summed E-state index contributed by atoms with van der Waals surface area (Å²) in [6.07, 6.45) is 52.8. The summed E-state index contributed by atoms with van der Waals surface area (Å²) in [5.74, 6) is -0.677. The summed E-state index contributed by atoms with van der Waals surface area (Å²) < 4.78 is 68.4. The van der Waals surface area contributed by atoms with Crippen LogP contribution in [0, 0.1) is 11.8 Å². The molecule has 0 aromatic carbocycles. The lowest BCUT2D eigenvalue weighted by Crippen LogP contribution is -2.30. The van der Waals surface area contributed by atoms with Gasteiger partial charge in [0, 0.05) is 25.7 Å². The molecule has 0 bridgehead atoms. The molecular formula is C74H144O17P2. The number of ether oxygens (including phenoxy) is 4. The highest BCUT2D eigenvalue weighted by Crippen LogP contribution is 2.45. The zero-order chi connectivity index (χ0) is 68.6. The van der Waals surface area contributed by atoms with Gasteiger partial charge in [-0.1, -0.05) is 330 Å². The highest BCUT2D eigenvalue weighted by Gasteiger charge is 2.30. The molecule has 5 atom stereocenters. The fourth-order valence-electron chi connectivity index (χ4n) is 11.3. The van der Waals surface area contributed by atoms with E-state index in [1.165, 1.54) is 193 Å². The molecule has 0 saturated carbocycles. The molecule has 17 nitrogen and oxygen atoms in total. The molecule has 552 valence electrons. The van der Waals surface area contributed by atoms with Crippen molar-refractivity contribution >= 4 is 39.5 Å². The second-order valence-electron chi connectivity index (χ2n) is 27.6. The van der Waals surface area contributed by atoms with Crippen LogP contribution in [0.25, 0.3) is 0 Å². The van der Waals surface area contributed by atoms with Crippen LogP contribution in [0.15, 0.2) is 0 Å². The molecule has 19 heteroatoms. The van der Waals surface area contributed by atoms with Crippen molar-refractivity contribution in [1.29, 1.82) is 0 Å². The lowest BCUT2D eigenvalue weighted by atomic mass is 10.0. The zero-order valence-corrected chi connectivity index (χ0v) is 62.3. The van der Waals surface area contributed by atoms with Crippen LogP contribution in [0.2, 0.25) is 0 Å². The minimum absolute atomic E-state index is 0.105. The van der Waals surface area contributed by atoms with Crippen molar-refractivity contribution < 1.29 is 80.2 Å². The van der Waals surface area contributed by atoms with Gasteiger partial charge in [-0.2, -0.15) is 0 Å². The third-order valence-corrected chi connectivity index (χ3v) is 19.1. The van der Waals surface area contributed by atoms with Crippen LogP contribution in [-0.2, 0) is 65.4 Å². The predicted molar refractivity (Wildman–Crippen MR) is 377 cm³/mol. The van der Waals surface area contributed by atoms with Crippen LogP contribution in [0.1, 0.15) is 382 Å². The van der Waals surface area contributed by atoms with Gasteiger partial charge in [0.1, 0.15) is 19.3 Å². The van der Waals surface area contributed by atoms with E-state index >= 15 is 0 Å². The van der Waals surface area contributed by atoms with Gasteiger partial charge >= 0.3 is 39.5 Å². The molecule has 0 fully saturated rings. The Morgan fingerprint density at radius 1 is 0.290 bits per heavy atom. The minimum atomic E-state index is -4.96. The Balaban J connectivity index is 5.25. The fourth-order valence-corrected chi connectivity index (χ4v) is 12.9. The molecule has 93 heavy (non-hydrogen) atoms. The summed E-state index contributed by atoms with van der Waals surface area (Å²) in [5.41, 5.74) is 0. The van der Waals surface area contributed by atoms with Gasteiger partial charge in [-0.15, -0.1) is 0 Å². The molecule has 0 aliphatic heterocycles. The second-order valence-corrected chi connectivity index (χ2v) is 30.5. The molecule has 0 aliphatic rings. The number of hydrogen-bond acceptors (Lipinski definition) is 15. The number of carbonyl (C=O) groups excluding carboxylic acids is 4. The molecule has 0 spiro atoms. The first-order chi connectivity index (χ1) is 44.9. The van der Waals surface area contributed by atoms with Crippen LogP contribution in [-0.4, -0.2) is 96.7 Å². The number of aliphatic hydroxyl groups is 1. The van der Waals surface area contributed by atoms with Crippen molar-refractivity contribution in [2.45, 2.75) is 400 Å². The number of rotatable bonds is 73. The number of phosphoric ester groups is 2. The van der Waals surface area contributed by atoms with E-state index in [1.54, 1.807) is 0 Å². The maximum absolute atomic E-state index is 13.1. The van der Waals surface area contributed by atoms with Crippen molar-refractivity contribution in [2.75, 3.05) is 39.6 Å². The largest absolute Gasteiger partial charge is 0.472 e. The van der Waals surface area contributed by atoms with E-state index in [-0.39, 0.29) is 25.7 Å². The summed E-state index contributed by atoms with van der Waals surface area (Å²) in [6.45, 7) is 9.51. The standard InChI is InChI=1S/C74H144O17P2/c1-7-9-11-13-15-17-19-21-23-25-27-29-33-39-46-52-58-73(78)90-69(62-84-71(76)56-50-44-38-32-28-26-24-22-20-18-16-14-12-10-8-2)64-88-92(80,81)86-60-68(75)61-87-93(82,83)89-65-70(63-85-72(77)57-51-45-41-35-37-43-49-55-67(5)6)91-74(79)59-53-47-40-34-30-31-36-42-48-54-66(3)4/h66-70,75H,7-65H2,1-6H3,(H,80,81)(H,82,83)/t68-,69-,70-/m1/s1. The molecule has 0 radical (unpaired) electrons. The number of esters is 4. The third-order valence-electron chi connectivity index (χ3n) is 17.2. The summed E-state index contributed by atoms with van der Waals surface area (Å²) in [5, 5.41) is 10.6. The average Bonchev–Trinajstić information content (AvgIpc) is 2.05. The Hall–Kier alpha value is -1.94. The maximum atomic E-state index is 13.1. The number of phosphoric acid groups is 2. The highest BCUT2D eigenvalue weighted by atomic mass is 31.2. The number of carbonyl (C=O) groups is 4. The van der Waals surface area contributed by atoms with Gasteiger partial charge in [0.15, 0.2) is 12.2 Å². The van der Waals surface area contributed by atoms with Crippen molar-refractivity contribution in [1.82, 2.24) is 0 Å². The van der Waals surface area contributed by atoms with Crippen LogP contribution >= 0.6 is 15.6 Å². The van der Waals surface area contributed by atoms with Crippen molar-refractivity contribution in [2.24, 2.45) is 11.8 Å². The Morgan fingerprint density at radius 3 is 0.731 bits per heavy atom. The van der Waals surface area contributed by atoms with E-state index in [1.807, 2.05) is 0 Å². The molecule has 0 aliphatic carbocycles. The molecule has 3 N–H and O–H groups in total. The SMILES string of the molecule is CCCCCCCCCCCCCCCCCCC(=O)O[C@H](COC(=O)CCCCCCCCCCCCCCCCC)COP(=O)(O)OC[C@@H](O)COP(=O)(O)OC[C@@H](COC(=O)CCCCCCCCCC(C)C)OC(=O)CCCCCCCCCCCC(C)C. The zero-order valence-electron chi connectivity index (χ0n) is 60.6. The van der Waals surface area contributed by atoms with Crippen LogP contribution in [0.5, 0.6) is 0 Å². The second kappa shape index (κ2) is 66.0. The van der Waals surface area contributed by atoms with E-state index in [2.05, 4.69) is 41.5 Å². The first kappa shape index (κ1) is 91.1. The maximum Gasteiger partial charge on any atom is 0.472 e. The van der Waals surface area contributed by atoms with Crippen LogP contribution < -0.4 is 0 Å². The summed E-state index contributed by atoms with van der Waals surface area (Å²) >= 11 is 0. The van der Waals surface area contributed by atoms with E-state index in [9.17, 15) is 43.2 Å². The minimum Gasteiger partial charge on any atom is -0.462 e. The van der Waals surface area contributed by atoms with E-state index in [0.29, 0.717) is 31.6 Å². The number of unbranched alkanes of at least 4 members (excludes halogenated alkanes) is 43. The van der Waals surface area contributed by atoms with Crippen LogP contribution in [0.4, 0.5) is 0 Å². The predicted octanol–water partition coefficient (Wildman–Crippen LogP) is 21.6. The molecule has 0 saturated heterocycles. The van der Waals surface area contributed by atoms with Crippen molar-refractivity contribution in [3.05, 3.63) is 0 Å². The quantitative estimate of drug-likeness (QED) is 0.0222. The molecule has 0 heterocycles. The molecular weight excluding hydrogens is 1220 g/mol. The third kappa shape index (κ3) is 68.4. The Labute approximate surface area is 568 Å². The lowest BCUT2D eigenvalue weighted by molar-refractivity contribution is -0.161. The Morgan fingerprint density at radius 2 is 0.495 bits per heavy atom. The summed E-state index contributed by atoms with van der Waals surface area (Å²) in [4.78, 5) is 72.7. The van der Waals surface area contributed by atoms with Gasteiger partial charge in [0.05, 0.1) is 26.4 Å². The smallest absolute Gasteiger partial charge is 0.462 e. The van der Waals surface area contributed by atoms with Gasteiger partial charge in [0.25, 0.3) is 0 Å². The van der Waals surface area contributed by atoms with Crippen molar-refractivity contribution in [3.63, 3.8) is 0 Å².